The van der Waals surface area contributed by atoms with Crippen LogP contribution in [0.2, 0.25) is 5.02 Å². The van der Waals surface area contributed by atoms with Crippen molar-refractivity contribution in [3.8, 4) is 0 Å². The molecule has 0 spiro atoms. The molecule has 1 aromatic heterocycles. The zero-order chi connectivity index (χ0) is 15.0. The molecule has 0 radical (unpaired) electrons. The van der Waals surface area contributed by atoms with Crippen molar-refractivity contribution in [1.82, 2.24) is 10.3 Å². The predicted octanol–water partition coefficient (Wildman–Crippen LogP) is 3.85. The summed E-state index contributed by atoms with van der Waals surface area (Å²) in [6, 6.07) is 11.4. The number of halogens is 2. The minimum Gasteiger partial charge on any atom is -0.408 e. The Balaban J connectivity index is 2.08. The summed E-state index contributed by atoms with van der Waals surface area (Å²) < 4.78 is 5.96. The SMILES string of the molecule is CNC(c1ccc(Cl)c(Br)c1)c1ccc2[nH]c(=O)oc2c1. The van der Waals surface area contributed by atoms with Gasteiger partial charge in [0.05, 0.1) is 16.6 Å². The minimum atomic E-state index is -0.447. The summed E-state index contributed by atoms with van der Waals surface area (Å²) in [5, 5.41) is 3.93. The van der Waals surface area contributed by atoms with Gasteiger partial charge in [0.15, 0.2) is 5.58 Å². The zero-order valence-corrected chi connectivity index (χ0v) is 13.5. The molecule has 0 aliphatic rings. The Labute approximate surface area is 134 Å². The molecule has 0 aliphatic heterocycles. The maximum Gasteiger partial charge on any atom is 0.417 e. The lowest BCUT2D eigenvalue weighted by Gasteiger charge is -2.17. The Hall–Kier alpha value is -1.56. The number of aromatic amines is 1. The third-order valence-electron chi connectivity index (χ3n) is 3.34. The van der Waals surface area contributed by atoms with Gasteiger partial charge >= 0.3 is 5.76 Å². The molecule has 4 nitrogen and oxygen atoms in total. The lowest BCUT2D eigenvalue weighted by atomic mass is 9.98. The van der Waals surface area contributed by atoms with Gasteiger partial charge in [-0.25, -0.2) is 4.79 Å². The highest BCUT2D eigenvalue weighted by Gasteiger charge is 2.14. The first-order valence-corrected chi connectivity index (χ1v) is 7.50. The second-order valence-electron chi connectivity index (χ2n) is 4.67. The van der Waals surface area contributed by atoms with E-state index in [4.69, 9.17) is 16.0 Å². The van der Waals surface area contributed by atoms with Gasteiger partial charge < -0.3 is 9.73 Å². The summed E-state index contributed by atoms with van der Waals surface area (Å²) in [7, 11) is 1.88. The highest BCUT2D eigenvalue weighted by atomic mass is 79.9. The van der Waals surface area contributed by atoms with Crippen LogP contribution in [-0.2, 0) is 0 Å². The van der Waals surface area contributed by atoms with Gasteiger partial charge in [0, 0.05) is 4.47 Å². The van der Waals surface area contributed by atoms with Crippen LogP contribution in [-0.4, -0.2) is 12.0 Å². The van der Waals surface area contributed by atoms with Gasteiger partial charge in [-0.2, -0.15) is 0 Å². The molecule has 0 bridgehead atoms. The van der Waals surface area contributed by atoms with Crippen LogP contribution in [0.25, 0.3) is 11.1 Å². The van der Waals surface area contributed by atoms with Crippen molar-refractivity contribution in [2.75, 3.05) is 7.05 Å². The molecule has 2 aromatic carbocycles. The van der Waals surface area contributed by atoms with Crippen LogP contribution in [0.4, 0.5) is 0 Å². The van der Waals surface area contributed by atoms with Crippen LogP contribution in [0.3, 0.4) is 0 Å². The van der Waals surface area contributed by atoms with Crippen LogP contribution in [0.5, 0.6) is 0 Å². The summed E-state index contributed by atoms with van der Waals surface area (Å²) in [5.41, 5.74) is 3.30. The number of nitrogens with one attached hydrogen (secondary N) is 2. The van der Waals surface area contributed by atoms with Gasteiger partial charge in [0.1, 0.15) is 0 Å². The van der Waals surface area contributed by atoms with Crippen LogP contribution in [0.1, 0.15) is 17.2 Å². The van der Waals surface area contributed by atoms with Crippen LogP contribution < -0.4 is 11.1 Å². The highest BCUT2D eigenvalue weighted by molar-refractivity contribution is 9.10. The van der Waals surface area contributed by atoms with Gasteiger partial charge in [-0.1, -0.05) is 23.7 Å². The fourth-order valence-electron chi connectivity index (χ4n) is 2.36. The lowest BCUT2D eigenvalue weighted by molar-refractivity contribution is 0.554. The second kappa shape index (κ2) is 5.67. The maximum atomic E-state index is 11.2. The van der Waals surface area contributed by atoms with E-state index in [-0.39, 0.29) is 6.04 Å². The van der Waals surface area contributed by atoms with E-state index in [1.807, 2.05) is 43.4 Å². The number of oxazole rings is 1. The second-order valence-corrected chi connectivity index (χ2v) is 5.93. The molecule has 108 valence electrons. The molecule has 0 aliphatic carbocycles. The topological polar surface area (TPSA) is 58.0 Å². The van der Waals surface area contributed by atoms with Crippen molar-refractivity contribution in [2.45, 2.75) is 6.04 Å². The number of H-pyrrole nitrogens is 1. The van der Waals surface area contributed by atoms with Crippen molar-refractivity contribution >= 4 is 38.6 Å². The molecule has 0 fully saturated rings. The summed E-state index contributed by atoms with van der Waals surface area (Å²) in [5.74, 6) is -0.447. The van der Waals surface area contributed by atoms with E-state index in [9.17, 15) is 4.79 Å². The van der Waals surface area contributed by atoms with Crippen molar-refractivity contribution in [3.05, 3.63) is 67.6 Å². The van der Waals surface area contributed by atoms with Crippen LogP contribution >= 0.6 is 27.5 Å². The van der Waals surface area contributed by atoms with Crippen molar-refractivity contribution in [2.24, 2.45) is 0 Å². The average molecular weight is 368 g/mol. The molecule has 0 saturated heterocycles. The van der Waals surface area contributed by atoms with Crippen molar-refractivity contribution in [1.29, 1.82) is 0 Å². The molecule has 21 heavy (non-hydrogen) atoms. The number of fused-ring (bicyclic) bond motifs is 1. The highest BCUT2D eigenvalue weighted by Crippen LogP contribution is 2.30. The van der Waals surface area contributed by atoms with Crippen molar-refractivity contribution < 1.29 is 4.42 Å². The third-order valence-corrected chi connectivity index (χ3v) is 4.56. The molecular formula is C15H12BrClN2O2. The number of hydrogen-bond donors (Lipinski definition) is 2. The smallest absolute Gasteiger partial charge is 0.408 e. The van der Waals surface area contributed by atoms with E-state index < -0.39 is 5.76 Å². The van der Waals surface area contributed by atoms with E-state index in [0.29, 0.717) is 16.1 Å². The Morgan fingerprint density at radius 3 is 2.67 bits per heavy atom. The summed E-state index contributed by atoms with van der Waals surface area (Å²) in [4.78, 5) is 13.9. The maximum absolute atomic E-state index is 11.2. The normalized spacial score (nSPS) is 12.7. The fourth-order valence-corrected chi connectivity index (χ4v) is 2.87. The molecule has 1 unspecified atom stereocenters. The molecule has 0 saturated carbocycles. The van der Waals surface area contributed by atoms with Crippen LogP contribution in [0, 0.1) is 0 Å². The average Bonchev–Trinajstić information content (AvgIpc) is 2.83. The Bertz CT molecular complexity index is 856. The van der Waals surface area contributed by atoms with Crippen molar-refractivity contribution in [3.63, 3.8) is 0 Å². The molecule has 1 atom stereocenters. The first kappa shape index (κ1) is 14.4. The Morgan fingerprint density at radius 2 is 1.95 bits per heavy atom. The molecule has 6 heteroatoms. The van der Waals surface area contributed by atoms with Gasteiger partial charge in [-0.15, -0.1) is 0 Å². The Kier molecular flexibility index (Phi) is 3.89. The number of benzene rings is 2. The largest absolute Gasteiger partial charge is 0.417 e. The standard InChI is InChI=1S/C15H12BrClN2O2/c1-18-14(8-2-4-11(17)10(16)6-8)9-3-5-12-13(7-9)21-15(20)19-12/h2-7,14,18H,1H3,(H,19,20). The minimum absolute atomic E-state index is 0.0248. The number of aromatic nitrogens is 1. The molecule has 1 heterocycles. The summed E-state index contributed by atoms with van der Waals surface area (Å²) in [6.07, 6.45) is 0. The van der Waals surface area contributed by atoms with Crippen LogP contribution in [0.15, 0.2) is 50.1 Å². The monoisotopic (exact) mass is 366 g/mol. The third kappa shape index (κ3) is 2.77. The van der Waals surface area contributed by atoms with Gasteiger partial charge in [-0.05, 0) is 58.4 Å². The predicted molar refractivity (Wildman–Crippen MR) is 86.9 cm³/mol. The summed E-state index contributed by atoms with van der Waals surface area (Å²) >= 11 is 9.47. The van der Waals surface area contributed by atoms with Gasteiger partial charge in [-0.3, -0.25) is 4.98 Å². The first-order valence-electron chi connectivity index (χ1n) is 6.33. The fraction of sp³-hybridized carbons (Fsp3) is 0.133. The lowest BCUT2D eigenvalue weighted by Crippen LogP contribution is -2.17. The molecule has 0 amide bonds. The molecular weight excluding hydrogens is 356 g/mol. The number of hydrogen-bond acceptors (Lipinski definition) is 3. The molecule has 2 N–H and O–H groups in total. The summed E-state index contributed by atoms with van der Waals surface area (Å²) in [6.45, 7) is 0. The molecule has 3 rings (SSSR count). The van der Waals surface area contributed by atoms with Gasteiger partial charge in [0.2, 0.25) is 0 Å². The van der Waals surface area contributed by atoms with E-state index in [1.54, 1.807) is 0 Å². The molecule has 3 aromatic rings. The van der Waals surface area contributed by atoms with E-state index >= 15 is 0 Å². The van der Waals surface area contributed by atoms with Gasteiger partial charge in [0.25, 0.3) is 0 Å². The quantitative estimate of drug-likeness (QED) is 0.739. The van der Waals surface area contributed by atoms with E-state index in [1.165, 1.54) is 0 Å². The van der Waals surface area contributed by atoms with E-state index in [0.717, 1.165) is 15.6 Å². The van der Waals surface area contributed by atoms with E-state index in [2.05, 4.69) is 26.2 Å². The first-order chi connectivity index (χ1) is 10.1. The number of rotatable bonds is 3. The Morgan fingerprint density at radius 1 is 1.24 bits per heavy atom. The zero-order valence-electron chi connectivity index (χ0n) is 11.1.